The predicted molar refractivity (Wildman–Crippen MR) is 145 cm³/mol. The lowest BCUT2D eigenvalue weighted by molar-refractivity contribution is -0.110. The number of thiocarbonyl (C=S) groups is 1. The summed E-state index contributed by atoms with van der Waals surface area (Å²) >= 11 is 5.67. The van der Waals surface area contributed by atoms with Crippen molar-refractivity contribution in [3.63, 3.8) is 0 Å². The van der Waals surface area contributed by atoms with Crippen LogP contribution in [0.3, 0.4) is 0 Å². The second kappa shape index (κ2) is 11.4. The molecule has 4 aromatic rings. The van der Waals surface area contributed by atoms with Crippen LogP contribution in [0.2, 0.25) is 0 Å². The van der Waals surface area contributed by atoms with E-state index in [4.69, 9.17) is 26.1 Å². The van der Waals surface area contributed by atoms with Crippen LogP contribution in [0.1, 0.15) is 17.5 Å². The first kappa shape index (κ1) is 25.4. The second-order valence-electron chi connectivity index (χ2n) is 9.22. The van der Waals surface area contributed by atoms with Crippen molar-refractivity contribution >= 4 is 34.2 Å². The molecule has 0 saturated carbocycles. The molecule has 1 aliphatic heterocycles. The van der Waals surface area contributed by atoms with E-state index < -0.39 is 11.5 Å². The van der Waals surface area contributed by atoms with Gasteiger partial charge in [0.25, 0.3) is 0 Å². The minimum atomic E-state index is -1.03. The minimum Gasteiger partial charge on any atom is -0.440 e. The summed E-state index contributed by atoms with van der Waals surface area (Å²) < 4.78 is 33.1. The number of aliphatic hydroxyl groups excluding tert-OH is 1. The smallest absolute Gasteiger partial charge is 0.200 e. The zero-order chi connectivity index (χ0) is 25.7. The Labute approximate surface area is 220 Å². The molecule has 37 heavy (non-hydrogen) atoms. The van der Waals surface area contributed by atoms with Gasteiger partial charge in [-0.05, 0) is 29.9 Å². The van der Waals surface area contributed by atoms with Crippen LogP contribution in [0.4, 0.5) is 10.3 Å². The number of benzene rings is 3. The van der Waals surface area contributed by atoms with E-state index >= 15 is 4.39 Å². The van der Waals surface area contributed by atoms with Crippen LogP contribution in [0.5, 0.6) is 0 Å². The average Bonchev–Trinajstić information content (AvgIpc) is 3.32. The van der Waals surface area contributed by atoms with Crippen molar-refractivity contribution in [3.8, 4) is 0 Å². The highest BCUT2D eigenvalue weighted by Gasteiger charge is 2.48. The molecule has 3 unspecified atom stereocenters. The molecule has 5 rings (SSSR count). The van der Waals surface area contributed by atoms with Gasteiger partial charge in [-0.2, -0.15) is 0 Å². The van der Waals surface area contributed by atoms with Gasteiger partial charge in [-0.25, -0.2) is 4.39 Å². The Morgan fingerprint density at radius 3 is 2.59 bits per heavy atom. The fourth-order valence-electron chi connectivity index (χ4n) is 4.94. The molecule has 1 aliphatic rings. The maximum absolute atomic E-state index is 15.3. The number of para-hydroxylation sites is 1. The monoisotopic (exact) mass is 520 g/mol. The van der Waals surface area contributed by atoms with Crippen LogP contribution in [0.15, 0.2) is 89.3 Å². The van der Waals surface area contributed by atoms with Crippen molar-refractivity contribution in [3.05, 3.63) is 102 Å². The first-order valence-electron chi connectivity index (χ1n) is 12.2. The standard InChI is InChI=1S/C29H29FN2O4S/c30-25-12-6-5-11-24(25)29(32-28(37)31-27-14-21-10-4-7-13-26(21)36-27)15-23(35-18-22(29)16-33)19-34-17-20-8-2-1-3-9-20/h1-14,22-23,33H,15-19H2,(H2,31,32,37). The van der Waals surface area contributed by atoms with E-state index in [0.717, 1.165) is 16.5 Å². The summed E-state index contributed by atoms with van der Waals surface area (Å²) in [4.78, 5) is 0. The lowest BCUT2D eigenvalue weighted by Crippen LogP contribution is -2.60. The Morgan fingerprint density at radius 1 is 1.05 bits per heavy atom. The number of aliphatic hydroxyl groups is 1. The molecule has 3 aromatic carbocycles. The summed E-state index contributed by atoms with van der Waals surface area (Å²) in [6, 6.07) is 25.9. The highest BCUT2D eigenvalue weighted by Crippen LogP contribution is 2.40. The van der Waals surface area contributed by atoms with E-state index in [-0.39, 0.29) is 30.2 Å². The Hall–Kier alpha value is -3.30. The number of nitrogens with one attached hydrogen (secondary N) is 2. The summed E-state index contributed by atoms with van der Waals surface area (Å²) in [6.07, 6.45) is 0.00299. The minimum absolute atomic E-state index is 0.213. The van der Waals surface area contributed by atoms with E-state index in [1.807, 2.05) is 60.7 Å². The molecular formula is C29H29FN2O4S. The lowest BCUT2D eigenvalue weighted by Gasteiger charge is -2.47. The summed E-state index contributed by atoms with van der Waals surface area (Å²) in [5.41, 5.74) is 1.17. The fourth-order valence-corrected chi connectivity index (χ4v) is 5.22. The number of fused-ring (bicyclic) bond motifs is 1. The number of furan rings is 1. The van der Waals surface area contributed by atoms with Crippen molar-refractivity contribution in [2.75, 3.05) is 25.1 Å². The third kappa shape index (κ3) is 5.67. The van der Waals surface area contributed by atoms with Gasteiger partial charge in [-0.3, -0.25) is 0 Å². The van der Waals surface area contributed by atoms with Gasteiger partial charge >= 0.3 is 0 Å². The Balaban J connectivity index is 1.38. The van der Waals surface area contributed by atoms with Crippen LogP contribution in [-0.2, 0) is 21.6 Å². The van der Waals surface area contributed by atoms with Crippen LogP contribution in [-0.4, -0.2) is 36.1 Å². The SMILES string of the molecule is OCC1COC(COCc2ccccc2)CC1(NC(=S)Nc1cc2ccccc2o1)c1ccccc1F. The van der Waals surface area contributed by atoms with E-state index in [0.29, 0.717) is 31.1 Å². The number of ether oxygens (including phenoxy) is 2. The van der Waals surface area contributed by atoms with Crippen LogP contribution in [0.25, 0.3) is 11.0 Å². The van der Waals surface area contributed by atoms with Gasteiger partial charge in [0.05, 0.1) is 38.1 Å². The normalized spacial score (nSPS) is 21.6. The number of hydrogen-bond acceptors (Lipinski definition) is 5. The molecule has 0 radical (unpaired) electrons. The van der Waals surface area contributed by atoms with Crippen LogP contribution < -0.4 is 10.6 Å². The van der Waals surface area contributed by atoms with E-state index in [2.05, 4.69) is 10.6 Å². The summed E-state index contributed by atoms with van der Waals surface area (Å²) in [5.74, 6) is -0.367. The molecule has 0 spiro atoms. The van der Waals surface area contributed by atoms with Gasteiger partial charge in [-0.15, -0.1) is 0 Å². The molecule has 3 N–H and O–H groups in total. The Kier molecular flexibility index (Phi) is 7.81. The van der Waals surface area contributed by atoms with E-state index in [1.165, 1.54) is 6.07 Å². The Bertz CT molecular complexity index is 1320. The van der Waals surface area contributed by atoms with E-state index in [9.17, 15) is 5.11 Å². The fraction of sp³-hybridized carbons (Fsp3) is 0.276. The summed E-state index contributed by atoms with van der Waals surface area (Å²) in [7, 11) is 0. The van der Waals surface area contributed by atoms with Gasteiger partial charge in [0, 0.05) is 29.4 Å². The van der Waals surface area contributed by atoms with Crippen molar-refractivity contribution in [1.29, 1.82) is 0 Å². The number of hydrogen-bond donors (Lipinski definition) is 3. The first-order valence-corrected chi connectivity index (χ1v) is 12.6. The zero-order valence-electron chi connectivity index (χ0n) is 20.2. The lowest BCUT2D eigenvalue weighted by atomic mass is 9.73. The van der Waals surface area contributed by atoms with Gasteiger partial charge in [-0.1, -0.05) is 66.7 Å². The average molecular weight is 521 g/mol. The third-order valence-electron chi connectivity index (χ3n) is 6.77. The Morgan fingerprint density at radius 2 is 1.81 bits per heavy atom. The second-order valence-corrected chi connectivity index (χ2v) is 9.63. The largest absolute Gasteiger partial charge is 0.440 e. The van der Waals surface area contributed by atoms with Crippen molar-refractivity contribution in [2.24, 2.45) is 5.92 Å². The maximum atomic E-state index is 15.3. The van der Waals surface area contributed by atoms with Gasteiger partial charge in [0.15, 0.2) is 11.0 Å². The molecule has 0 amide bonds. The molecule has 1 saturated heterocycles. The van der Waals surface area contributed by atoms with Crippen LogP contribution >= 0.6 is 12.2 Å². The van der Waals surface area contributed by atoms with E-state index in [1.54, 1.807) is 18.2 Å². The molecule has 0 bridgehead atoms. The third-order valence-corrected chi connectivity index (χ3v) is 6.97. The summed E-state index contributed by atoms with van der Waals surface area (Å²) in [5, 5.41) is 18.0. The van der Waals surface area contributed by atoms with Gasteiger partial charge in [0.1, 0.15) is 11.4 Å². The number of rotatable bonds is 8. The molecule has 3 atom stereocenters. The summed E-state index contributed by atoms with van der Waals surface area (Å²) in [6.45, 7) is 0.752. The quantitative estimate of drug-likeness (QED) is 0.270. The molecule has 1 aromatic heterocycles. The van der Waals surface area contributed by atoms with Gasteiger partial charge in [0.2, 0.25) is 0 Å². The molecule has 2 heterocycles. The molecule has 6 nitrogen and oxygen atoms in total. The van der Waals surface area contributed by atoms with Crippen molar-refractivity contribution in [1.82, 2.24) is 5.32 Å². The first-order chi connectivity index (χ1) is 18.1. The molecule has 0 aliphatic carbocycles. The molecule has 192 valence electrons. The predicted octanol–water partition coefficient (Wildman–Crippen LogP) is 5.37. The van der Waals surface area contributed by atoms with Gasteiger partial charge < -0.3 is 29.6 Å². The van der Waals surface area contributed by atoms with Crippen molar-refractivity contribution in [2.45, 2.75) is 24.7 Å². The molecule has 1 fully saturated rings. The highest BCUT2D eigenvalue weighted by atomic mass is 32.1. The molecule has 8 heteroatoms. The number of anilines is 1. The van der Waals surface area contributed by atoms with Crippen molar-refractivity contribution < 1.29 is 23.4 Å². The topological polar surface area (TPSA) is 75.9 Å². The number of halogens is 1. The molecular weight excluding hydrogens is 491 g/mol. The highest BCUT2D eigenvalue weighted by molar-refractivity contribution is 7.80. The van der Waals surface area contributed by atoms with Crippen LogP contribution in [0, 0.1) is 11.7 Å². The maximum Gasteiger partial charge on any atom is 0.200 e. The zero-order valence-corrected chi connectivity index (χ0v) is 21.0.